The average Bonchev–Trinajstić information content (AvgIpc) is 2.71. The Balaban J connectivity index is 2.43. The molecule has 0 aromatic carbocycles. The Labute approximate surface area is 190 Å². The van der Waals surface area contributed by atoms with E-state index in [4.69, 9.17) is 18.6 Å². The van der Waals surface area contributed by atoms with E-state index >= 15 is 0 Å². The lowest BCUT2D eigenvalue weighted by Crippen LogP contribution is -2.41. The van der Waals surface area contributed by atoms with E-state index in [-0.39, 0.29) is 17.1 Å². The van der Waals surface area contributed by atoms with Crippen molar-refractivity contribution in [3.05, 3.63) is 11.6 Å². The van der Waals surface area contributed by atoms with Gasteiger partial charge in [-0.15, -0.1) is 0 Å². The van der Waals surface area contributed by atoms with Crippen molar-refractivity contribution in [2.45, 2.75) is 97.1 Å². The maximum absolute atomic E-state index is 12.7. The van der Waals surface area contributed by atoms with E-state index in [1.54, 1.807) is 0 Å². The topological polar surface area (TPSA) is 71.1 Å². The van der Waals surface area contributed by atoms with Crippen molar-refractivity contribution in [1.29, 1.82) is 0 Å². The third-order valence-corrected chi connectivity index (χ3v) is 10.9. The largest absolute Gasteiger partial charge is 0.468 e. The van der Waals surface area contributed by atoms with Crippen LogP contribution in [0.15, 0.2) is 11.6 Å². The van der Waals surface area contributed by atoms with Gasteiger partial charge in [0.2, 0.25) is 0 Å². The van der Waals surface area contributed by atoms with Crippen LogP contribution in [0, 0.1) is 5.92 Å². The number of hydrogen-bond acceptors (Lipinski definition) is 6. The van der Waals surface area contributed by atoms with Gasteiger partial charge in [-0.2, -0.15) is 0 Å². The Morgan fingerprint density at radius 2 is 1.90 bits per heavy atom. The molecule has 0 aromatic heterocycles. The van der Waals surface area contributed by atoms with Gasteiger partial charge in [0.15, 0.2) is 14.6 Å². The van der Waals surface area contributed by atoms with Crippen LogP contribution in [0.4, 0.5) is 0 Å². The lowest BCUT2D eigenvalue weighted by molar-refractivity contribution is -0.155. The summed E-state index contributed by atoms with van der Waals surface area (Å²) in [5.74, 6) is -1.23. The first kappa shape index (κ1) is 28.0. The molecule has 1 aliphatic rings. The van der Waals surface area contributed by atoms with E-state index in [1.807, 2.05) is 13.0 Å². The number of allylic oxidation sites excluding steroid dienone is 1. The highest BCUT2D eigenvalue weighted by Gasteiger charge is 2.37. The molecule has 0 spiro atoms. The van der Waals surface area contributed by atoms with E-state index in [1.165, 1.54) is 7.11 Å². The van der Waals surface area contributed by atoms with E-state index in [0.29, 0.717) is 38.9 Å². The van der Waals surface area contributed by atoms with Crippen molar-refractivity contribution in [3.63, 3.8) is 0 Å². The Kier molecular flexibility index (Phi) is 12.2. The normalized spacial score (nSPS) is 19.2. The Bertz CT molecular complexity index is 587. The lowest BCUT2D eigenvalue weighted by atomic mass is 9.94. The lowest BCUT2D eigenvalue weighted by Gasteiger charge is -2.36. The zero-order valence-corrected chi connectivity index (χ0v) is 21.8. The van der Waals surface area contributed by atoms with Gasteiger partial charge in [0.25, 0.3) is 0 Å². The molecule has 1 aliphatic heterocycles. The Morgan fingerprint density at radius 1 is 1.19 bits per heavy atom. The highest BCUT2D eigenvalue weighted by molar-refractivity contribution is 6.74. The van der Waals surface area contributed by atoms with Crippen LogP contribution >= 0.6 is 0 Å². The van der Waals surface area contributed by atoms with Crippen LogP contribution in [0.1, 0.15) is 72.6 Å². The number of carbonyl (C=O) groups is 2. The van der Waals surface area contributed by atoms with Crippen LogP contribution in [-0.2, 0) is 28.2 Å². The molecule has 1 fully saturated rings. The average molecular weight is 457 g/mol. The Hall–Kier alpha value is -1.02. The fraction of sp³-hybridized carbons (Fsp3) is 0.833. The molecule has 1 rings (SSSR count). The van der Waals surface area contributed by atoms with Crippen molar-refractivity contribution >= 4 is 20.1 Å². The summed E-state index contributed by atoms with van der Waals surface area (Å²) in [5, 5.41) is 0.140. The number of ketones is 1. The van der Waals surface area contributed by atoms with Crippen molar-refractivity contribution < 1.29 is 28.2 Å². The monoisotopic (exact) mass is 456 g/mol. The van der Waals surface area contributed by atoms with E-state index < -0.39 is 20.2 Å². The van der Waals surface area contributed by atoms with Gasteiger partial charge in [-0.05, 0) is 63.6 Å². The maximum Gasteiger partial charge on any atom is 0.316 e. The molecular weight excluding hydrogens is 412 g/mol. The zero-order chi connectivity index (χ0) is 23.5. The molecule has 2 unspecified atom stereocenters. The fourth-order valence-corrected chi connectivity index (χ4v) is 4.21. The molecule has 0 radical (unpaired) electrons. The number of esters is 1. The minimum Gasteiger partial charge on any atom is -0.468 e. The highest BCUT2D eigenvalue weighted by atomic mass is 28.4. The molecule has 1 heterocycles. The summed E-state index contributed by atoms with van der Waals surface area (Å²) in [6.07, 6.45) is 7.12. The second-order valence-corrected chi connectivity index (χ2v) is 14.8. The first-order valence-electron chi connectivity index (χ1n) is 11.6. The second-order valence-electron chi connectivity index (χ2n) is 9.97. The molecule has 0 aliphatic carbocycles. The van der Waals surface area contributed by atoms with Crippen LogP contribution in [-0.4, -0.2) is 53.3 Å². The van der Waals surface area contributed by atoms with Gasteiger partial charge >= 0.3 is 5.97 Å². The Morgan fingerprint density at radius 3 is 2.48 bits per heavy atom. The van der Waals surface area contributed by atoms with Crippen molar-refractivity contribution in [2.24, 2.45) is 5.92 Å². The SMILES string of the molecule is COC(=O)C(CCCO[Si](C)(C)C(C)(C)C)C(=O)CC/C(C)=C/COC1CCCCO1. The van der Waals surface area contributed by atoms with Crippen molar-refractivity contribution in [2.75, 3.05) is 26.9 Å². The van der Waals surface area contributed by atoms with Gasteiger partial charge in [0, 0.05) is 19.6 Å². The minimum atomic E-state index is -1.82. The summed E-state index contributed by atoms with van der Waals surface area (Å²) in [7, 11) is -0.487. The minimum absolute atomic E-state index is 0.0662. The van der Waals surface area contributed by atoms with Crippen LogP contribution in [0.25, 0.3) is 0 Å². The van der Waals surface area contributed by atoms with Gasteiger partial charge in [0.1, 0.15) is 11.7 Å². The zero-order valence-electron chi connectivity index (χ0n) is 20.8. The number of hydrogen-bond donors (Lipinski definition) is 0. The van der Waals surface area contributed by atoms with Crippen LogP contribution in [0.3, 0.4) is 0 Å². The molecule has 0 amide bonds. The fourth-order valence-electron chi connectivity index (χ4n) is 3.12. The van der Waals surface area contributed by atoms with Crippen LogP contribution in [0.2, 0.25) is 18.1 Å². The summed E-state index contributed by atoms with van der Waals surface area (Å²) < 4.78 is 22.3. The van der Waals surface area contributed by atoms with Crippen molar-refractivity contribution in [3.8, 4) is 0 Å². The van der Waals surface area contributed by atoms with E-state index in [0.717, 1.165) is 31.4 Å². The maximum atomic E-state index is 12.7. The second kappa shape index (κ2) is 13.5. The number of ether oxygens (including phenoxy) is 3. The highest BCUT2D eigenvalue weighted by Crippen LogP contribution is 2.36. The van der Waals surface area contributed by atoms with E-state index in [2.05, 4.69) is 33.9 Å². The summed E-state index contributed by atoms with van der Waals surface area (Å²) in [6, 6.07) is 0. The van der Waals surface area contributed by atoms with E-state index in [9.17, 15) is 9.59 Å². The molecule has 7 heteroatoms. The summed E-state index contributed by atoms with van der Waals surface area (Å²) in [5.41, 5.74) is 1.08. The molecule has 180 valence electrons. The quantitative estimate of drug-likeness (QED) is 0.121. The molecule has 1 saturated heterocycles. The van der Waals surface area contributed by atoms with Gasteiger partial charge in [0.05, 0.1) is 13.7 Å². The number of Topliss-reactive ketones (excluding diaryl/α,β-unsaturated/α-hetero) is 1. The predicted molar refractivity (Wildman–Crippen MR) is 125 cm³/mol. The molecule has 0 bridgehead atoms. The van der Waals surface area contributed by atoms with Crippen LogP contribution < -0.4 is 0 Å². The third kappa shape index (κ3) is 10.4. The molecule has 2 atom stereocenters. The van der Waals surface area contributed by atoms with Gasteiger partial charge in [-0.3, -0.25) is 9.59 Å². The summed E-state index contributed by atoms with van der Waals surface area (Å²) in [6.45, 7) is 14.8. The first-order chi connectivity index (χ1) is 14.5. The molecular formula is C24H44O6Si. The third-order valence-electron chi connectivity index (χ3n) is 6.40. The molecule has 0 aromatic rings. The number of methoxy groups -OCH3 is 1. The molecule has 31 heavy (non-hydrogen) atoms. The van der Waals surface area contributed by atoms with Crippen LogP contribution in [0.5, 0.6) is 0 Å². The van der Waals surface area contributed by atoms with Gasteiger partial charge < -0.3 is 18.6 Å². The first-order valence-corrected chi connectivity index (χ1v) is 14.5. The smallest absolute Gasteiger partial charge is 0.316 e. The summed E-state index contributed by atoms with van der Waals surface area (Å²) in [4.78, 5) is 24.9. The van der Waals surface area contributed by atoms with Gasteiger partial charge in [-0.1, -0.05) is 32.4 Å². The number of carbonyl (C=O) groups excluding carboxylic acids is 2. The number of rotatable bonds is 13. The predicted octanol–water partition coefficient (Wildman–Crippen LogP) is 5.42. The molecule has 0 saturated carbocycles. The van der Waals surface area contributed by atoms with Gasteiger partial charge in [-0.25, -0.2) is 0 Å². The molecule has 6 nitrogen and oxygen atoms in total. The molecule has 0 N–H and O–H groups in total. The standard InChI is InChI=1S/C24H44O6Si/c1-19(15-18-29-22-12-8-9-16-28-22)13-14-21(25)20(23(26)27-5)11-10-17-30-31(6,7)24(2,3)4/h15,20,22H,8-14,16-18H2,1-7H3/b19-15+. The van der Waals surface area contributed by atoms with Crippen molar-refractivity contribution in [1.82, 2.24) is 0 Å². The summed E-state index contributed by atoms with van der Waals surface area (Å²) >= 11 is 0.